The van der Waals surface area contributed by atoms with Gasteiger partial charge in [0.1, 0.15) is 18.8 Å². The topological polar surface area (TPSA) is 65.8 Å². The Morgan fingerprint density at radius 1 is 1.48 bits per heavy atom. The third-order valence-corrected chi connectivity index (χ3v) is 4.49. The molecule has 0 unspecified atom stereocenters. The first-order valence-corrected chi connectivity index (χ1v) is 8.28. The van der Waals surface area contributed by atoms with Crippen molar-refractivity contribution in [1.29, 1.82) is 0 Å². The number of likely N-dealkylation sites (tertiary alicyclic amines) is 1. The van der Waals surface area contributed by atoms with Crippen molar-refractivity contribution in [3.05, 3.63) is 18.5 Å². The Bertz CT molecular complexity index is 494. The monoisotopic (exact) mass is 323 g/mol. The molecule has 3 rings (SSSR count). The zero-order chi connectivity index (χ0) is 16.1. The average molecular weight is 323 g/mol. The third kappa shape index (κ3) is 3.91. The Morgan fingerprint density at radius 2 is 2.39 bits per heavy atom. The van der Waals surface area contributed by atoms with Crippen LogP contribution >= 0.6 is 0 Å². The lowest BCUT2D eigenvalue weighted by atomic mass is 10.0. The highest BCUT2D eigenvalue weighted by Crippen LogP contribution is 2.30. The fourth-order valence-electron chi connectivity index (χ4n) is 3.44. The van der Waals surface area contributed by atoms with Crippen molar-refractivity contribution >= 4 is 5.91 Å². The molecule has 2 aliphatic rings. The molecule has 0 N–H and O–H groups in total. The number of methoxy groups -OCH3 is 1. The highest BCUT2D eigenvalue weighted by Gasteiger charge is 2.46. The van der Waals surface area contributed by atoms with Crippen molar-refractivity contribution in [2.75, 3.05) is 33.5 Å². The molecule has 0 saturated carbocycles. The first-order valence-electron chi connectivity index (χ1n) is 8.28. The van der Waals surface area contributed by atoms with E-state index in [1.807, 2.05) is 21.8 Å². The van der Waals surface area contributed by atoms with Crippen molar-refractivity contribution in [2.24, 2.45) is 0 Å². The highest BCUT2D eigenvalue weighted by molar-refractivity contribution is 5.78. The Labute approximate surface area is 136 Å². The van der Waals surface area contributed by atoms with E-state index in [1.54, 1.807) is 13.3 Å². The fourth-order valence-corrected chi connectivity index (χ4v) is 3.44. The maximum atomic E-state index is 12.2. The Kier molecular flexibility index (Phi) is 5.64. The van der Waals surface area contributed by atoms with E-state index >= 15 is 0 Å². The number of fused-ring (bicyclic) bond motifs is 1. The van der Waals surface area contributed by atoms with Crippen LogP contribution in [0.3, 0.4) is 0 Å². The first kappa shape index (κ1) is 16.4. The minimum absolute atomic E-state index is 0.00532. The normalized spacial score (nSPS) is 27.2. The van der Waals surface area contributed by atoms with E-state index in [4.69, 9.17) is 14.2 Å². The maximum absolute atomic E-state index is 12.2. The lowest BCUT2D eigenvalue weighted by molar-refractivity contribution is -0.138. The van der Waals surface area contributed by atoms with Gasteiger partial charge in [0.15, 0.2) is 0 Å². The van der Waals surface area contributed by atoms with E-state index in [9.17, 15) is 4.79 Å². The molecule has 1 aromatic rings. The van der Waals surface area contributed by atoms with Gasteiger partial charge in [-0.05, 0) is 25.3 Å². The Hall–Kier alpha value is -1.44. The van der Waals surface area contributed by atoms with Crippen LogP contribution in [0.1, 0.15) is 19.3 Å². The summed E-state index contributed by atoms with van der Waals surface area (Å²) in [6.07, 6.45) is 6.53. The molecule has 0 aliphatic carbocycles. The second-order valence-corrected chi connectivity index (χ2v) is 6.06. The third-order valence-electron chi connectivity index (χ3n) is 4.49. The number of aromatic nitrogens is 2. The Morgan fingerprint density at radius 3 is 3.17 bits per heavy atom. The molecule has 2 aliphatic heterocycles. The zero-order valence-corrected chi connectivity index (χ0v) is 13.6. The molecule has 0 aromatic carbocycles. The zero-order valence-electron chi connectivity index (χ0n) is 13.6. The average Bonchev–Trinajstić information content (AvgIpc) is 3.20. The number of hydrogen-bond donors (Lipinski definition) is 0. The largest absolute Gasteiger partial charge is 0.375 e. The van der Waals surface area contributed by atoms with E-state index in [-0.39, 0.29) is 30.8 Å². The molecule has 0 bridgehead atoms. The van der Waals surface area contributed by atoms with E-state index < -0.39 is 0 Å². The molecule has 7 heteroatoms. The van der Waals surface area contributed by atoms with E-state index in [0.29, 0.717) is 13.2 Å². The number of hydrogen-bond acceptors (Lipinski definition) is 5. The fraction of sp³-hybridized carbons (Fsp3) is 0.750. The SMILES string of the molecule is COCC(=O)N1C[C@H](OCCCn2cccn2)[C@@H]2OCCC[C@@H]21. The molecule has 2 fully saturated rings. The molecule has 0 spiro atoms. The van der Waals surface area contributed by atoms with E-state index in [0.717, 1.165) is 32.4 Å². The quantitative estimate of drug-likeness (QED) is 0.691. The summed E-state index contributed by atoms with van der Waals surface area (Å²) < 4.78 is 18.8. The number of amides is 1. The van der Waals surface area contributed by atoms with E-state index in [1.165, 1.54) is 0 Å². The van der Waals surface area contributed by atoms with Crippen molar-refractivity contribution in [1.82, 2.24) is 14.7 Å². The van der Waals surface area contributed by atoms with Gasteiger partial charge >= 0.3 is 0 Å². The van der Waals surface area contributed by atoms with Crippen LogP contribution < -0.4 is 0 Å². The standard InChI is InChI=1S/C16H25N3O4/c1-21-12-15(20)19-11-14(16-13(19)5-2-9-23-16)22-10-4-8-18-7-3-6-17-18/h3,6-7,13-14,16H,2,4-5,8-12H2,1H3/t13-,14-,16+/m0/s1. The maximum Gasteiger partial charge on any atom is 0.248 e. The van der Waals surface area contributed by atoms with Gasteiger partial charge < -0.3 is 19.1 Å². The van der Waals surface area contributed by atoms with Crippen molar-refractivity contribution in [3.8, 4) is 0 Å². The van der Waals surface area contributed by atoms with Crippen LogP contribution in [0.5, 0.6) is 0 Å². The van der Waals surface area contributed by atoms with Crippen LogP contribution in [-0.2, 0) is 25.5 Å². The number of carbonyl (C=O) groups is 1. The molecular formula is C16H25N3O4. The second kappa shape index (κ2) is 7.90. The van der Waals surface area contributed by atoms with Gasteiger partial charge in [-0.2, -0.15) is 5.10 Å². The van der Waals surface area contributed by atoms with Crippen LogP contribution in [0, 0.1) is 0 Å². The predicted molar refractivity (Wildman–Crippen MR) is 82.9 cm³/mol. The van der Waals surface area contributed by atoms with Gasteiger partial charge in [-0.3, -0.25) is 9.48 Å². The molecule has 1 aromatic heterocycles. The van der Waals surface area contributed by atoms with Gasteiger partial charge in [0.2, 0.25) is 5.91 Å². The summed E-state index contributed by atoms with van der Waals surface area (Å²) in [6, 6.07) is 2.04. The Balaban J connectivity index is 1.50. The second-order valence-electron chi connectivity index (χ2n) is 6.06. The van der Waals surface area contributed by atoms with Crippen molar-refractivity contribution in [2.45, 2.75) is 44.1 Å². The van der Waals surface area contributed by atoms with Crippen LogP contribution in [0.4, 0.5) is 0 Å². The highest BCUT2D eigenvalue weighted by atomic mass is 16.5. The minimum Gasteiger partial charge on any atom is -0.375 e. The molecular weight excluding hydrogens is 298 g/mol. The number of rotatable bonds is 7. The predicted octanol–water partition coefficient (Wildman–Crippen LogP) is 0.695. The van der Waals surface area contributed by atoms with Crippen molar-refractivity contribution < 1.29 is 19.0 Å². The summed E-state index contributed by atoms with van der Waals surface area (Å²) >= 11 is 0. The summed E-state index contributed by atoms with van der Waals surface area (Å²) in [5.41, 5.74) is 0. The molecule has 128 valence electrons. The molecule has 3 heterocycles. The van der Waals surface area contributed by atoms with Gasteiger partial charge in [0, 0.05) is 45.8 Å². The summed E-state index contributed by atoms with van der Waals surface area (Å²) in [6.45, 7) is 2.94. The summed E-state index contributed by atoms with van der Waals surface area (Å²) in [5.74, 6) is 0.0237. The van der Waals surface area contributed by atoms with Gasteiger partial charge in [0.25, 0.3) is 0 Å². The first-order chi connectivity index (χ1) is 11.3. The summed E-state index contributed by atoms with van der Waals surface area (Å²) in [5, 5.41) is 4.18. The molecule has 0 radical (unpaired) electrons. The van der Waals surface area contributed by atoms with Crippen LogP contribution in [0.2, 0.25) is 0 Å². The van der Waals surface area contributed by atoms with Crippen LogP contribution in [-0.4, -0.2) is 72.3 Å². The van der Waals surface area contributed by atoms with Gasteiger partial charge in [-0.15, -0.1) is 0 Å². The summed E-state index contributed by atoms with van der Waals surface area (Å²) in [7, 11) is 1.55. The number of nitrogens with zero attached hydrogens (tertiary/aromatic N) is 3. The number of carbonyl (C=O) groups excluding carboxylic acids is 1. The molecule has 23 heavy (non-hydrogen) atoms. The van der Waals surface area contributed by atoms with Crippen LogP contribution in [0.25, 0.3) is 0 Å². The number of ether oxygens (including phenoxy) is 3. The van der Waals surface area contributed by atoms with Gasteiger partial charge in [-0.1, -0.05) is 0 Å². The molecule has 1 amide bonds. The number of aryl methyl sites for hydroxylation is 1. The smallest absolute Gasteiger partial charge is 0.248 e. The van der Waals surface area contributed by atoms with Crippen molar-refractivity contribution in [3.63, 3.8) is 0 Å². The lowest BCUT2D eigenvalue weighted by Gasteiger charge is -2.32. The van der Waals surface area contributed by atoms with Gasteiger partial charge in [-0.25, -0.2) is 0 Å². The molecule has 7 nitrogen and oxygen atoms in total. The van der Waals surface area contributed by atoms with E-state index in [2.05, 4.69) is 5.10 Å². The molecule has 2 saturated heterocycles. The van der Waals surface area contributed by atoms with Crippen LogP contribution in [0.15, 0.2) is 18.5 Å². The minimum atomic E-state index is -0.0428. The summed E-state index contributed by atoms with van der Waals surface area (Å²) in [4.78, 5) is 14.1. The molecule has 3 atom stereocenters. The lowest BCUT2D eigenvalue weighted by Crippen LogP contribution is -2.44. The van der Waals surface area contributed by atoms with Gasteiger partial charge in [0.05, 0.1) is 6.04 Å².